The summed E-state index contributed by atoms with van der Waals surface area (Å²) in [5.41, 5.74) is 8.14. The summed E-state index contributed by atoms with van der Waals surface area (Å²) in [4.78, 5) is 60.0. The van der Waals surface area contributed by atoms with Crippen LogP contribution < -0.4 is 5.32 Å². The number of nitrogens with one attached hydrogen (secondary N) is 3. The highest BCUT2D eigenvalue weighted by Crippen LogP contribution is 2.40. The van der Waals surface area contributed by atoms with Gasteiger partial charge in [0.05, 0.1) is 36.8 Å². The summed E-state index contributed by atoms with van der Waals surface area (Å²) in [7, 11) is 1.32. The molecule has 0 radical (unpaired) electrons. The number of ether oxygens (including phenoxy) is 3. The Morgan fingerprint density at radius 2 is 1.51 bits per heavy atom. The van der Waals surface area contributed by atoms with Crippen LogP contribution in [0.2, 0.25) is 0 Å². The van der Waals surface area contributed by atoms with Gasteiger partial charge in [0.1, 0.15) is 23.3 Å². The first kappa shape index (κ1) is 38.8. The topological polar surface area (TPSA) is 155 Å². The average Bonchev–Trinajstić information content (AvgIpc) is 4.08. The van der Waals surface area contributed by atoms with Crippen LogP contribution in [0, 0.1) is 5.92 Å². The Bertz CT molecular complexity index is 2390. The van der Waals surface area contributed by atoms with Crippen LogP contribution in [-0.2, 0) is 31.8 Å². The number of aryl methyl sites for hydroxylation is 2. The number of imidazole rings is 2. The lowest BCUT2D eigenvalue weighted by molar-refractivity contribution is -0.136. The number of alkyl carbamates (subject to hydrolysis) is 1. The van der Waals surface area contributed by atoms with E-state index in [1.54, 1.807) is 4.90 Å². The summed E-state index contributed by atoms with van der Waals surface area (Å²) in [6, 6.07) is 18.7. The highest BCUT2D eigenvalue weighted by Gasteiger charge is 2.41. The van der Waals surface area contributed by atoms with Gasteiger partial charge in [0.25, 0.3) is 0 Å². The van der Waals surface area contributed by atoms with Gasteiger partial charge < -0.3 is 34.4 Å². The third-order valence-corrected chi connectivity index (χ3v) is 12.4. The van der Waals surface area contributed by atoms with Crippen LogP contribution in [0.4, 0.5) is 9.59 Å². The minimum Gasteiger partial charge on any atom is -0.453 e. The Morgan fingerprint density at radius 1 is 0.831 bits per heavy atom. The maximum Gasteiger partial charge on any atom is 0.410 e. The summed E-state index contributed by atoms with van der Waals surface area (Å²) < 4.78 is 16.1. The van der Waals surface area contributed by atoms with E-state index in [1.165, 1.54) is 12.7 Å². The minimum atomic E-state index is -0.668. The molecule has 3 N–H and O–H groups in total. The van der Waals surface area contributed by atoms with Crippen LogP contribution in [0.15, 0.2) is 60.8 Å². The standard InChI is InChI=1S/C46H53N7O6/c1-46(2,3)59-45(56)53-20-6-7-37(53)41-47-26-36(49-41)33-12-11-29-23-28(9-10-30(29)25-33)31-13-15-34-32(24-31)14-16-35-40(34)50-42(48-35)38-8-5-19-52(38)43(54)39(51-44(55)57-4)27-17-21-58-22-18-27/h9-13,15,23-27,37-39H,5-8,14,16-22H2,1-4H3,(H,47,49)(H,48,50)(H,51,55). The van der Waals surface area contributed by atoms with Crippen molar-refractivity contribution in [3.05, 3.63) is 83.7 Å². The highest BCUT2D eigenvalue weighted by atomic mass is 16.6. The van der Waals surface area contributed by atoms with E-state index in [9.17, 15) is 14.4 Å². The van der Waals surface area contributed by atoms with Crippen molar-refractivity contribution in [1.82, 2.24) is 35.1 Å². The molecular weight excluding hydrogens is 747 g/mol. The van der Waals surface area contributed by atoms with Gasteiger partial charge in [-0.2, -0.15) is 0 Å². The van der Waals surface area contributed by atoms with E-state index in [-0.39, 0.29) is 30.0 Å². The maximum absolute atomic E-state index is 14.1. The maximum atomic E-state index is 14.1. The first-order valence-electron chi connectivity index (χ1n) is 21.1. The smallest absolute Gasteiger partial charge is 0.410 e. The second-order valence-corrected chi connectivity index (χ2v) is 17.4. The molecule has 308 valence electrons. The first-order valence-corrected chi connectivity index (χ1v) is 21.1. The number of benzene rings is 3. The SMILES string of the molecule is COC(=O)NC(C(=O)N1CCCC1c1nc2c([nH]1)CCc1cc(-c3ccc4cc(-c5cnc(C6CCCN6C(=O)OC(C)(C)C)[nH]5)ccc4c3)ccc1-2)C1CCOCC1. The number of aromatic nitrogens is 4. The third-order valence-electron chi connectivity index (χ3n) is 12.4. The molecule has 3 saturated heterocycles. The number of hydrogen-bond acceptors (Lipinski definition) is 8. The van der Waals surface area contributed by atoms with Gasteiger partial charge in [-0.25, -0.2) is 19.6 Å². The van der Waals surface area contributed by atoms with E-state index in [1.807, 2.05) is 31.9 Å². The summed E-state index contributed by atoms with van der Waals surface area (Å²) in [5, 5.41) is 5.12. The zero-order chi connectivity index (χ0) is 40.8. The number of H-pyrrole nitrogens is 2. The van der Waals surface area contributed by atoms with Crippen molar-refractivity contribution in [1.29, 1.82) is 0 Å². The van der Waals surface area contributed by atoms with Crippen molar-refractivity contribution in [2.45, 2.75) is 95.9 Å². The van der Waals surface area contributed by atoms with Gasteiger partial charge in [-0.15, -0.1) is 0 Å². The molecule has 0 spiro atoms. The largest absolute Gasteiger partial charge is 0.453 e. The minimum absolute atomic E-state index is 0.0129. The molecule has 2 aromatic heterocycles. The molecule has 0 bridgehead atoms. The van der Waals surface area contributed by atoms with Crippen LogP contribution in [0.3, 0.4) is 0 Å². The number of carbonyl (C=O) groups excluding carboxylic acids is 3. The fraction of sp³-hybridized carbons (Fsp3) is 0.457. The second kappa shape index (κ2) is 15.8. The van der Waals surface area contributed by atoms with Crippen molar-refractivity contribution in [2.75, 3.05) is 33.4 Å². The van der Waals surface area contributed by atoms with Gasteiger partial charge in [0.15, 0.2) is 0 Å². The van der Waals surface area contributed by atoms with Crippen LogP contribution >= 0.6 is 0 Å². The number of carbonyl (C=O) groups is 3. The van der Waals surface area contributed by atoms with Crippen molar-refractivity contribution in [3.8, 4) is 33.6 Å². The van der Waals surface area contributed by atoms with E-state index >= 15 is 0 Å². The molecule has 3 aromatic carbocycles. The average molecular weight is 800 g/mol. The van der Waals surface area contributed by atoms with Crippen molar-refractivity contribution in [2.24, 2.45) is 5.92 Å². The molecule has 3 fully saturated rings. The number of nitrogens with zero attached hydrogens (tertiary/aromatic N) is 4. The molecule has 3 amide bonds. The van der Waals surface area contributed by atoms with E-state index in [0.29, 0.717) is 39.1 Å². The van der Waals surface area contributed by atoms with Crippen molar-refractivity contribution >= 4 is 28.9 Å². The molecule has 5 aromatic rings. The zero-order valence-corrected chi connectivity index (χ0v) is 34.3. The van der Waals surface area contributed by atoms with Crippen LogP contribution in [0.25, 0.3) is 44.4 Å². The molecule has 13 heteroatoms. The molecule has 59 heavy (non-hydrogen) atoms. The molecular formula is C46H53N7O6. The number of amides is 3. The molecule has 0 saturated carbocycles. The molecule has 4 aliphatic rings. The molecule has 13 nitrogen and oxygen atoms in total. The molecule has 9 rings (SSSR count). The van der Waals surface area contributed by atoms with Gasteiger partial charge in [-0.3, -0.25) is 9.69 Å². The second-order valence-electron chi connectivity index (χ2n) is 17.4. The predicted octanol–water partition coefficient (Wildman–Crippen LogP) is 8.27. The lowest BCUT2D eigenvalue weighted by atomic mass is 9.89. The normalized spacial score (nSPS) is 20.0. The van der Waals surface area contributed by atoms with Gasteiger partial charge in [-0.1, -0.05) is 42.5 Å². The number of hydrogen-bond donors (Lipinski definition) is 3. The summed E-state index contributed by atoms with van der Waals surface area (Å²) in [6.07, 6.45) is 7.54. The summed E-state index contributed by atoms with van der Waals surface area (Å²) in [6.45, 7) is 8.08. The number of aromatic amines is 2. The molecule has 3 atom stereocenters. The predicted molar refractivity (Wildman–Crippen MR) is 223 cm³/mol. The number of rotatable bonds is 7. The fourth-order valence-electron chi connectivity index (χ4n) is 9.41. The van der Waals surface area contributed by atoms with Crippen LogP contribution in [0.1, 0.15) is 94.3 Å². The number of fused-ring (bicyclic) bond motifs is 4. The van der Waals surface area contributed by atoms with Gasteiger partial charge in [0.2, 0.25) is 5.91 Å². The third kappa shape index (κ3) is 7.80. The number of methoxy groups -OCH3 is 1. The Balaban J connectivity index is 0.911. The Kier molecular flexibility index (Phi) is 10.4. The summed E-state index contributed by atoms with van der Waals surface area (Å²) in [5.74, 6) is 1.49. The molecule has 5 heterocycles. The van der Waals surface area contributed by atoms with E-state index in [4.69, 9.17) is 24.2 Å². The molecule has 3 aliphatic heterocycles. The monoisotopic (exact) mass is 799 g/mol. The van der Waals surface area contributed by atoms with Crippen LogP contribution in [-0.4, -0.2) is 92.9 Å². The van der Waals surface area contributed by atoms with E-state index in [0.717, 1.165) is 100 Å². The van der Waals surface area contributed by atoms with E-state index in [2.05, 4.69) is 69.9 Å². The Labute approximate surface area is 344 Å². The van der Waals surface area contributed by atoms with E-state index < -0.39 is 17.7 Å². The molecule has 1 aliphatic carbocycles. The Morgan fingerprint density at radius 3 is 2.25 bits per heavy atom. The van der Waals surface area contributed by atoms with Gasteiger partial charge in [-0.05, 0) is 118 Å². The highest BCUT2D eigenvalue weighted by molar-refractivity contribution is 5.91. The first-order chi connectivity index (χ1) is 28.5. The van der Waals surface area contributed by atoms with Crippen LogP contribution in [0.5, 0.6) is 0 Å². The quantitative estimate of drug-likeness (QED) is 0.149. The fourth-order valence-corrected chi connectivity index (χ4v) is 9.41. The van der Waals surface area contributed by atoms with Gasteiger partial charge >= 0.3 is 12.2 Å². The zero-order valence-electron chi connectivity index (χ0n) is 34.3. The van der Waals surface area contributed by atoms with Gasteiger partial charge in [0, 0.05) is 43.1 Å². The number of likely N-dealkylation sites (tertiary alicyclic amines) is 2. The van der Waals surface area contributed by atoms with Crippen molar-refractivity contribution in [3.63, 3.8) is 0 Å². The lowest BCUT2D eigenvalue weighted by Crippen LogP contribution is -2.53. The lowest BCUT2D eigenvalue weighted by Gasteiger charge is -2.34. The van der Waals surface area contributed by atoms with Crippen molar-refractivity contribution < 1.29 is 28.6 Å². The molecule has 3 unspecified atom stereocenters. The summed E-state index contributed by atoms with van der Waals surface area (Å²) >= 11 is 0. The Hall–Kier alpha value is -5.69.